The van der Waals surface area contributed by atoms with E-state index in [0.717, 1.165) is 18.5 Å². The van der Waals surface area contributed by atoms with Crippen molar-refractivity contribution in [1.29, 1.82) is 5.26 Å². The fourth-order valence-corrected chi connectivity index (χ4v) is 2.25. The SMILES string of the molecule is N#CC1=CC(CN2CCCC2)CC=C1. The summed E-state index contributed by atoms with van der Waals surface area (Å²) < 4.78 is 0. The van der Waals surface area contributed by atoms with Gasteiger partial charge in [0.05, 0.1) is 6.07 Å². The molecule has 1 unspecified atom stereocenters. The zero-order valence-corrected chi connectivity index (χ0v) is 8.45. The average molecular weight is 188 g/mol. The van der Waals surface area contributed by atoms with E-state index in [4.69, 9.17) is 5.26 Å². The van der Waals surface area contributed by atoms with Crippen LogP contribution in [-0.4, -0.2) is 24.5 Å². The summed E-state index contributed by atoms with van der Waals surface area (Å²) in [5, 5.41) is 8.79. The highest BCUT2D eigenvalue weighted by molar-refractivity contribution is 5.35. The highest BCUT2D eigenvalue weighted by Gasteiger charge is 2.16. The minimum Gasteiger partial charge on any atom is -0.303 e. The smallest absolute Gasteiger partial charge is 0.0988 e. The van der Waals surface area contributed by atoms with Crippen LogP contribution in [0.5, 0.6) is 0 Å². The van der Waals surface area contributed by atoms with Gasteiger partial charge in [-0.25, -0.2) is 0 Å². The van der Waals surface area contributed by atoms with E-state index < -0.39 is 0 Å². The molecule has 1 fully saturated rings. The number of hydrogen-bond donors (Lipinski definition) is 0. The van der Waals surface area contributed by atoms with Gasteiger partial charge >= 0.3 is 0 Å². The molecule has 2 heteroatoms. The zero-order valence-electron chi connectivity index (χ0n) is 8.45. The van der Waals surface area contributed by atoms with Gasteiger partial charge in [0.1, 0.15) is 0 Å². The van der Waals surface area contributed by atoms with Crippen molar-refractivity contribution in [2.24, 2.45) is 5.92 Å². The maximum absolute atomic E-state index is 8.79. The van der Waals surface area contributed by atoms with Gasteiger partial charge in [-0.1, -0.05) is 12.2 Å². The lowest BCUT2D eigenvalue weighted by molar-refractivity contribution is 0.302. The van der Waals surface area contributed by atoms with Crippen LogP contribution in [0.25, 0.3) is 0 Å². The second-order valence-electron chi connectivity index (χ2n) is 4.14. The lowest BCUT2D eigenvalue weighted by Crippen LogP contribution is -2.26. The van der Waals surface area contributed by atoms with Gasteiger partial charge in [-0.05, 0) is 44.3 Å². The van der Waals surface area contributed by atoms with Gasteiger partial charge < -0.3 is 4.90 Å². The van der Waals surface area contributed by atoms with Gasteiger partial charge in [-0.15, -0.1) is 0 Å². The Kier molecular flexibility index (Phi) is 3.00. The third-order valence-corrected chi connectivity index (χ3v) is 2.97. The molecule has 2 rings (SSSR count). The Morgan fingerprint density at radius 1 is 1.43 bits per heavy atom. The van der Waals surface area contributed by atoms with Crippen molar-refractivity contribution in [2.45, 2.75) is 19.3 Å². The lowest BCUT2D eigenvalue weighted by Gasteiger charge is -2.21. The number of allylic oxidation sites excluding steroid dienone is 3. The molecule has 2 nitrogen and oxygen atoms in total. The van der Waals surface area contributed by atoms with E-state index in [1.807, 2.05) is 6.08 Å². The lowest BCUT2D eigenvalue weighted by atomic mass is 9.96. The first kappa shape index (κ1) is 9.48. The molecular weight excluding hydrogens is 172 g/mol. The number of rotatable bonds is 2. The highest BCUT2D eigenvalue weighted by Crippen LogP contribution is 2.19. The van der Waals surface area contributed by atoms with Crippen LogP contribution in [0.4, 0.5) is 0 Å². The van der Waals surface area contributed by atoms with Crippen molar-refractivity contribution in [3.8, 4) is 6.07 Å². The molecule has 0 aromatic heterocycles. The molecule has 0 N–H and O–H groups in total. The van der Waals surface area contributed by atoms with Crippen LogP contribution >= 0.6 is 0 Å². The number of hydrogen-bond acceptors (Lipinski definition) is 2. The minimum atomic E-state index is 0.563. The summed E-state index contributed by atoms with van der Waals surface area (Å²) in [4.78, 5) is 2.51. The van der Waals surface area contributed by atoms with Gasteiger partial charge in [0.15, 0.2) is 0 Å². The van der Waals surface area contributed by atoms with Crippen molar-refractivity contribution >= 4 is 0 Å². The van der Waals surface area contributed by atoms with Gasteiger partial charge in [0.25, 0.3) is 0 Å². The molecule has 1 aliphatic carbocycles. The first-order valence-electron chi connectivity index (χ1n) is 5.39. The molecule has 1 atom stereocenters. The van der Waals surface area contributed by atoms with Gasteiger partial charge in [-0.2, -0.15) is 5.26 Å². The summed E-state index contributed by atoms with van der Waals surface area (Å²) in [5.41, 5.74) is 0.834. The zero-order chi connectivity index (χ0) is 9.80. The minimum absolute atomic E-state index is 0.563. The summed E-state index contributed by atoms with van der Waals surface area (Å²) >= 11 is 0. The quantitative estimate of drug-likeness (QED) is 0.663. The third kappa shape index (κ3) is 2.24. The molecule has 74 valence electrons. The van der Waals surface area contributed by atoms with Crippen molar-refractivity contribution in [1.82, 2.24) is 4.90 Å². The molecule has 1 saturated heterocycles. The maximum atomic E-state index is 8.79. The predicted molar refractivity (Wildman–Crippen MR) is 56.6 cm³/mol. The molecular formula is C12H16N2. The molecule has 0 bridgehead atoms. The summed E-state index contributed by atoms with van der Waals surface area (Å²) in [7, 11) is 0. The Balaban J connectivity index is 1.90. The van der Waals surface area contributed by atoms with Crippen LogP contribution in [0.3, 0.4) is 0 Å². The first-order chi connectivity index (χ1) is 6.88. The molecule has 0 amide bonds. The van der Waals surface area contributed by atoms with Gasteiger partial charge in [0, 0.05) is 12.1 Å². The van der Waals surface area contributed by atoms with Crippen molar-refractivity contribution < 1.29 is 0 Å². The second-order valence-corrected chi connectivity index (χ2v) is 4.14. The fourth-order valence-electron chi connectivity index (χ4n) is 2.25. The molecule has 0 radical (unpaired) electrons. The van der Waals surface area contributed by atoms with Crippen LogP contribution in [0, 0.1) is 17.2 Å². The predicted octanol–water partition coefficient (Wildman–Crippen LogP) is 2.11. The van der Waals surface area contributed by atoms with Crippen molar-refractivity contribution in [2.75, 3.05) is 19.6 Å². The van der Waals surface area contributed by atoms with Crippen molar-refractivity contribution in [3.05, 3.63) is 23.8 Å². The van der Waals surface area contributed by atoms with E-state index in [9.17, 15) is 0 Å². The maximum Gasteiger partial charge on any atom is 0.0988 e. The second kappa shape index (κ2) is 4.43. The Morgan fingerprint density at radius 2 is 2.21 bits per heavy atom. The van der Waals surface area contributed by atoms with Gasteiger partial charge in [-0.3, -0.25) is 0 Å². The van der Waals surface area contributed by atoms with Crippen LogP contribution in [0.15, 0.2) is 23.8 Å². The molecule has 1 aliphatic heterocycles. The number of nitriles is 1. The topological polar surface area (TPSA) is 27.0 Å². The molecule has 14 heavy (non-hydrogen) atoms. The Labute approximate surface area is 85.5 Å². The molecule has 0 spiro atoms. The fraction of sp³-hybridized carbons (Fsp3) is 0.583. The van der Waals surface area contributed by atoms with Crippen LogP contribution < -0.4 is 0 Å². The van der Waals surface area contributed by atoms with E-state index >= 15 is 0 Å². The largest absolute Gasteiger partial charge is 0.303 e. The van der Waals surface area contributed by atoms with E-state index in [1.165, 1.54) is 25.9 Å². The third-order valence-electron chi connectivity index (χ3n) is 2.97. The summed E-state index contributed by atoms with van der Waals surface area (Å²) in [5.74, 6) is 0.563. The Hall–Kier alpha value is -1.07. The molecule has 0 aromatic rings. The van der Waals surface area contributed by atoms with E-state index in [0.29, 0.717) is 5.92 Å². The average Bonchev–Trinajstić information content (AvgIpc) is 2.71. The number of nitrogens with zero attached hydrogens (tertiary/aromatic N) is 2. The van der Waals surface area contributed by atoms with Crippen molar-refractivity contribution in [3.63, 3.8) is 0 Å². The highest BCUT2D eigenvalue weighted by atomic mass is 15.1. The monoisotopic (exact) mass is 188 g/mol. The molecule has 0 saturated carbocycles. The molecule has 1 heterocycles. The van der Waals surface area contributed by atoms with E-state index in [1.54, 1.807) is 0 Å². The standard InChI is InChI=1S/C12H16N2/c13-9-11-4-3-5-12(8-11)10-14-6-1-2-7-14/h3-4,8,12H,1-2,5-7,10H2. The Bertz CT molecular complexity index is 290. The first-order valence-corrected chi connectivity index (χ1v) is 5.39. The van der Waals surface area contributed by atoms with Crippen LogP contribution in [0.1, 0.15) is 19.3 Å². The normalized spacial score (nSPS) is 27.4. The van der Waals surface area contributed by atoms with E-state index in [2.05, 4.69) is 23.1 Å². The summed E-state index contributed by atoms with van der Waals surface area (Å²) in [6.07, 6.45) is 9.97. The molecule has 0 aromatic carbocycles. The number of likely N-dealkylation sites (tertiary alicyclic amines) is 1. The summed E-state index contributed by atoms with van der Waals surface area (Å²) in [6, 6.07) is 2.21. The Morgan fingerprint density at radius 3 is 2.93 bits per heavy atom. The van der Waals surface area contributed by atoms with Crippen LogP contribution in [0.2, 0.25) is 0 Å². The summed E-state index contributed by atoms with van der Waals surface area (Å²) in [6.45, 7) is 3.63. The van der Waals surface area contributed by atoms with E-state index in [-0.39, 0.29) is 0 Å². The van der Waals surface area contributed by atoms with Gasteiger partial charge in [0.2, 0.25) is 0 Å². The van der Waals surface area contributed by atoms with Crippen LogP contribution in [-0.2, 0) is 0 Å². The molecule has 2 aliphatic rings.